The molecule has 3 aromatic carbocycles. The predicted molar refractivity (Wildman–Crippen MR) is 167 cm³/mol. The molecule has 14 nitrogen and oxygen atoms in total. The van der Waals surface area contributed by atoms with E-state index in [-0.39, 0.29) is 30.5 Å². The summed E-state index contributed by atoms with van der Waals surface area (Å²) in [6, 6.07) is 22.4. The van der Waals surface area contributed by atoms with Crippen molar-refractivity contribution in [3.63, 3.8) is 0 Å². The summed E-state index contributed by atoms with van der Waals surface area (Å²) < 4.78 is 12.1. The molecule has 5 rings (SSSR count). The van der Waals surface area contributed by atoms with E-state index in [1.165, 1.54) is 0 Å². The SMILES string of the molecule is CCCCc1nc(Cl)c(C=O)n1Cc1ccc(-c2ccccc2-c2nnn(COC(=O)OCc3ccc(CON(O)O)cc3)n2)cc1. The lowest BCUT2D eigenvalue weighted by Crippen LogP contribution is -2.14. The molecule has 244 valence electrons. The number of halogens is 1. The Morgan fingerprint density at radius 3 is 2.30 bits per heavy atom. The first-order valence-electron chi connectivity index (χ1n) is 14.7. The molecule has 15 heteroatoms. The number of nitrogens with zero attached hydrogens (tertiary/aromatic N) is 7. The van der Waals surface area contributed by atoms with Crippen LogP contribution < -0.4 is 0 Å². The maximum absolute atomic E-state index is 12.2. The van der Waals surface area contributed by atoms with Crippen LogP contribution in [0, 0.1) is 0 Å². The van der Waals surface area contributed by atoms with Gasteiger partial charge < -0.3 is 14.0 Å². The topological polar surface area (TPSA) is 167 Å². The van der Waals surface area contributed by atoms with Gasteiger partial charge in [0.1, 0.15) is 18.1 Å². The fourth-order valence-electron chi connectivity index (χ4n) is 4.76. The zero-order valence-electron chi connectivity index (χ0n) is 25.4. The molecule has 0 unspecified atom stereocenters. The molecule has 2 aromatic heterocycles. The van der Waals surface area contributed by atoms with Gasteiger partial charge in [0.2, 0.25) is 12.6 Å². The van der Waals surface area contributed by atoms with Crippen molar-refractivity contribution in [1.82, 2.24) is 35.1 Å². The Bertz CT molecular complexity index is 1790. The molecular weight excluding hydrogens is 630 g/mol. The van der Waals surface area contributed by atoms with Crippen LogP contribution >= 0.6 is 11.6 Å². The first kappa shape index (κ1) is 33.4. The number of carbonyl (C=O) groups excluding carboxylic acids is 2. The van der Waals surface area contributed by atoms with E-state index in [2.05, 4.69) is 32.2 Å². The third-order valence-electron chi connectivity index (χ3n) is 7.16. The van der Waals surface area contributed by atoms with Crippen molar-refractivity contribution in [3.8, 4) is 22.5 Å². The number of tetrazole rings is 1. The van der Waals surface area contributed by atoms with Gasteiger partial charge >= 0.3 is 6.16 Å². The Labute approximate surface area is 274 Å². The summed E-state index contributed by atoms with van der Waals surface area (Å²) >= 11 is 6.24. The summed E-state index contributed by atoms with van der Waals surface area (Å²) in [6.07, 6.45) is 2.52. The van der Waals surface area contributed by atoms with Gasteiger partial charge in [0, 0.05) is 18.5 Å². The number of imidazole rings is 1. The van der Waals surface area contributed by atoms with E-state index in [1.54, 1.807) is 24.3 Å². The number of aromatic nitrogens is 6. The fraction of sp³-hybridized carbons (Fsp3) is 0.250. The average Bonchev–Trinajstić information content (AvgIpc) is 3.68. The number of hydrogen-bond donors (Lipinski definition) is 2. The summed E-state index contributed by atoms with van der Waals surface area (Å²) in [4.78, 5) is 34.0. The van der Waals surface area contributed by atoms with Crippen LogP contribution in [0.25, 0.3) is 22.5 Å². The van der Waals surface area contributed by atoms with Gasteiger partial charge in [0.25, 0.3) is 0 Å². The van der Waals surface area contributed by atoms with Gasteiger partial charge in [-0.2, -0.15) is 0 Å². The van der Waals surface area contributed by atoms with Crippen molar-refractivity contribution in [3.05, 3.63) is 106 Å². The van der Waals surface area contributed by atoms with Gasteiger partial charge in [-0.15, -0.1) is 15.0 Å². The summed E-state index contributed by atoms with van der Waals surface area (Å²) in [5, 5.41) is 29.6. The van der Waals surface area contributed by atoms with Gasteiger partial charge in [-0.05, 0) is 39.5 Å². The Kier molecular flexibility index (Phi) is 11.4. The van der Waals surface area contributed by atoms with Crippen molar-refractivity contribution in [2.45, 2.75) is 52.7 Å². The first-order chi connectivity index (χ1) is 22.8. The second-order valence-corrected chi connectivity index (χ2v) is 10.8. The van der Waals surface area contributed by atoms with Crippen LogP contribution in [-0.2, 0) is 47.2 Å². The molecule has 0 bridgehead atoms. The largest absolute Gasteiger partial charge is 0.510 e. The number of aryl methyl sites for hydroxylation is 1. The fourth-order valence-corrected chi connectivity index (χ4v) is 5.01. The van der Waals surface area contributed by atoms with Crippen molar-refractivity contribution >= 4 is 24.0 Å². The maximum atomic E-state index is 12.2. The minimum atomic E-state index is -0.913. The van der Waals surface area contributed by atoms with Crippen LogP contribution in [0.2, 0.25) is 5.15 Å². The molecule has 0 radical (unpaired) electrons. The van der Waals surface area contributed by atoms with E-state index in [9.17, 15) is 9.59 Å². The third kappa shape index (κ3) is 8.84. The molecule has 0 spiro atoms. The standard InChI is InChI=1S/C32H32ClN7O7/c1-2-3-8-29-34-30(33)28(18-41)38(29)17-22-13-15-25(16-14-22)26-6-4-5-7-27(26)31-35-37-39(36-31)21-46-32(42)45-19-23-9-11-24(12-10-23)20-47-40(43)44/h4-7,9-16,18,43-44H,2-3,8,17,19-21H2,1H3. The summed E-state index contributed by atoms with van der Waals surface area (Å²) in [6.45, 7) is 2.17. The first-order valence-corrected chi connectivity index (χ1v) is 15.1. The van der Waals surface area contributed by atoms with Gasteiger partial charge in [-0.3, -0.25) is 15.2 Å². The molecule has 0 aliphatic heterocycles. The highest BCUT2D eigenvalue weighted by atomic mass is 35.5. The average molecular weight is 662 g/mol. The number of carbonyl (C=O) groups is 2. The molecule has 0 saturated heterocycles. The van der Waals surface area contributed by atoms with E-state index in [4.69, 9.17) is 31.5 Å². The molecule has 0 saturated carbocycles. The molecule has 2 heterocycles. The molecule has 0 aliphatic carbocycles. The number of ether oxygens (including phenoxy) is 2. The smallest absolute Gasteiger partial charge is 0.429 e. The number of rotatable bonds is 15. The third-order valence-corrected chi connectivity index (χ3v) is 7.44. The maximum Gasteiger partial charge on any atom is 0.510 e. The van der Waals surface area contributed by atoms with Crippen molar-refractivity contribution in [2.24, 2.45) is 0 Å². The Morgan fingerprint density at radius 1 is 0.936 bits per heavy atom. The Balaban J connectivity index is 1.19. The van der Waals surface area contributed by atoms with Crippen molar-refractivity contribution < 1.29 is 34.3 Å². The monoisotopic (exact) mass is 661 g/mol. The zero-order chi connectivity index (χ0) is 33.2. The van der Waals surface area contributed by atoms with Crippen LogP contribution in [0.5, 0.6) is 0 Å². The van der Waals surface area contributed by atoms with Crippen LogP contribution in [-0.4, -0.2) is 58.0 Å². The van der Waals surface area contributed by atoms with Gasteiger partial charge in [0.05, 0.1) is 12.0 Å². The van der Waals surface area contributed by atoms with E-state index < -0.39 is 6.16 Å². The van der Waals surface area contributed by atoms with Crippen LogP contribution in [0.3, 0.4) is 0 Å². The van der Waals surface area contributed by atoms with Crippen molar-refractivity contribution in [1.29, 1.82) is 0 Å². The molecule has 0 aliphatic rings. The minimum absolute atomic E-state index is 0.0391. The lowest BCUT2D eigenvalue weighted by atomic mass is 9.98. The van der Waals surface area contributed by atoms with Crippen molar-refractivity contribution in [2.75, 3.05) is 0 Å². The van der Waals surface area contributed by atoms with Crippen LogP contribution in [0.15, 0.2) is 72.8 Å². The van der Waals surface area contributed by atoms with E-state index >= 15 is 0 Å². The van der Waals surface area contributed by atoms with Gasteiger partial charge in [0.15, 0.2) is 11.4 Å². The van der Waals surface area contributed by atoms with E-state index in [0.29, 0.717) is 29.2 Å². The number of hydrogen-bond acceptors (Lipinski definition) is 12. The second-order valence-electron chi connectivity index (χ2n) is 10.4. The summed E-state index contributed by atoms with van der Waals surface area (Å²) in [5.74, 6) is 1.14. The Morgan fingerprint density at radius 2 is 1.62 bits per heavy atom. The van der Waals surface area contributed by atoms with Gasteiger partial charge in [-0.1, -0.05) is 97.7 Å². The second kappa shape index (κ2) is 16.0. The quantitative estimate of drug-likeness (QED) is 0.0777. The molecule has 0 atom stereocenters. The molecule has 47 heavy (non-hydrogen) atoms. The molecule has 0 fully saturated rings. The highest BCUT2D eigenvalue weighted by Crippen LogP contribution is 2.30. The number of aldehydes is 1. The number of unbranched alkanes of at least 4 members (excludes halogenated alkanes) is 1. The lowest BCUT2D eigenvalue weighted by molar-refractivity contribution is -0.497. The van der Waals surface area contributed by atoms with Crippen LogP contribution in [0.1, 0.15) is 52.8 Å². The Hall–Kier alpha value is -4.99. The van der Waals surface area contributed by atoms with Crippen LogP contribution in [0.4, 0.5) is 4.79 Å². The summed E-state index contributed by atoms with van der Waals surface area (Å²) in [5.41, 5.74) is 5.27. The normalized spacial score (nSPS) is 11.2. The van der Waals surface area contributed by atoms with E-state index in [0.717, 1.165) is 58.4 Å². The molecular formula is C32H32ClN7O7. The molecule has 0 amide bonds. The highest BCUT2D eigenvalue weighted by Gasteiger charge is 2.17. The van der Waals surface area contributed by atoms with E-state index in [1.807, 2.05) is 53.1 Å². The number of benzene rings is 3. The lowest BCUT2D eigenvalue weighted by Gasteiger charge is -2.11. The minimum Gasteiger partial charge on any atom is -0.429 e. The molecule has 5 aromatic rings. The molecule has 2 N–H and O–H groups in total. The van der Waals surface area contributed by atoms with Gasteiger partial charge in [-0.25, -0.2) is 14.6 Å². The highest BCUT2D eigenvalue weighted by molar-refractivity contribution is 6.31. The predicted octanol–water partition coefficient (Wildman–Crippen LogP) is 5.88. The summed E-state index contributed by atoms with van der Waals surface area (Å²) in [7, 11) is 0. The zero-order valence-corrected chi connectivity index (χ0v) is 26.2.